The predicted molar refractivity (Wildman–Crippen MR) is 132 cm³/mol. The number of amides is 1. The molecular weight excluding hydrogens is 400 g/mol. The maximum atomic E-state index is 13.0. The Morgan fingerprint density at radius 1 is 1.09 bits per heavy atom. The number of aryl methyl sites for hydroxylation is 2. The van der Waals surface area contributed by atoms with Crippen molar-refractivity contribution >= 4 is 11.6 Å². The van der Waals surface area contributed by atoms with Gasteiger partial charge in [0.25, 0.3) is 11.5 Å². The summed E-state index contributed by atoms with van der Waals surface area (Å²) in [4.78, 5) is 32.9. The number of hydrogen-bond donors (Lipinski definition) is 2. The maximum Gasteiger partial charge on any atom is 0.253 e. The zero-order valence-electron chi connectivity index (χ0n) is 20.4. The van der Waals surface area contributed by atoms with Crippen molar-refractivity contribution in [1.82, 2.24) is 15.2 Å². The lowest BCUT2D eigenvalue weighted by Crippen LogP contribution is -2.42. The number of benzene rings is 1. The highest BCUT2D eigenvalue weighted by atomic mass is 16.1. The van der Waals surface area contributed by atoms with Crippen molar-refractivity contribution in [3.05, 3.63) is 62.6 Å². The molecule has 1 amide bonds. The monoisotopic (exact) mass is 438 g/mol. The van der Waals surface area contributed by atoms with Crippen LogP contribution in [0.2, 0.25) is 0 Å². The van der Waals surface area contributed by atoms with E-state index in [2.05, 4.69) is 47.2 Å². The van der Waals surface area contributed by atoms with Gasteiger partial charge in [0.1, 0.15) is 0 Å². The number of aromatic nitrogens is 1. The Bertz CT molecular complexity index is 1000. The normalized spacial score (nSPS) is 18.6. The Hall–Kier alpha value is -2.60. The van der Waals surface area contributed by atoms with Gasteiger partial charge >= 0.3 is 0 Å². The zero-order valence-corrected chi connectivity index (χ0v) is 20.4. The molecule has 3 rings (SSSR count). The summed E-state index contributed by atoms with van der Waals surface area (Å²) in [6.07, 6.45) is 4.75. The molecule has 1 saturated carbocycles. The molecule has 1 fully saturated rings. The summed E-state index contributed by atoms with van der Waals surface area (Å²) in [5, 5.41) is 2.96. The van der Waals surface area contributed by atoms with Gasteiger partial charge in [-0.25, -0.2) is 0 Å². The minimum absolute atomic E-state index is 0.140. The third-order valence-electron chi connectivity index (χ3n) is 6.96. The number of hydrogen-bond acceptors (Lipinski definition) is 4. The summed E-state index contributed by atoms with van der Waals surface area (Å²) in [5.41, 5.74) is 4.98. The van der Waals surface area contributed by atoms with E-state index >= 15 is 0 Å². The average Bonchev–Trinajstić information content (AvgIpc) is 2.75. The van der Waals surface area contributed by atoms with Crippen LogP contribution in [-0.2, 0) is 6.54 Å². The first-order chi connectivity index (χ1) is 15.2. The van der Waals surface area contributed by atoms with Crippen LogP contribution in [0.5, 0.6) is 0 Å². The minimum atomic E-state index is -0.143. The molecule has 1 aliphatic carbocycles. The van der Waals surface area contributed by atoms with Crippen LogP contribution in [0.4, 0.5) is 5.69 Å². The summed E-state index contributed by atoms with van der Waals surface area (Å²) in [6.45, 7) is 9.12. The van der Waals surface area contributed by atoms with Crippen molar-refractivity contribution in [3.63, 3.8) is 0 Å². The molecule has 0 radical (unpaired) electrons. The largest absolute Gasteiger partial charge is 0.369 e. The second-order valence-corrected chi connectivity index (χ2v) is 9.29. The molecule has 1 heterocycles. The second-order valence-electron chi connectivity index (χ2n) is 9.29. The van der Waals surface area contributed by atoms with E-state index in [-0.39, 0.29) is 18.0 Å². The fourth-order valence-corrected chi connectivity index (χ4v) is 5.06. The highest BCUT2D eigenvalue weighted by molar-refractivity contribution is 5.97. The van der Waals surface area contributed by atoms with Crippen LogP contribution >= 0.6 is 0 Å². The fraction of sp³-hybridized carbons (Fsp3) is 0.538. The predicted octanol–water partition coefficient (Wildman–Crippen LogP) is 3.93. The molecule has 0 saturated heterocycles. The van der Waals surface area contributed by atoms with E-state index in [4.69, 9.17) is 0 Å². The molecule has 0 bridgehead atoms. The van der Waals surface area contributed by atoms with Crippen molar-refractivity contribution < 1.29 is 4.79 Å². The van der Waals surface area contributed by atoms with E-state index in [1.165, 1.54) is 25.7 Å². The van der Waals surface area contributed by atoms with Gasteiger partial charge in [0.05, 0.1) is 0 Å². The third kappa shape index (κ3) is 5.23. The van der Waals surface area contributed by atoms with Gasteiger partial charge in [-0.3, -0.25) is 9.59 Å². The molecule has 6 nitrogen and oxygen atoms in total. The van der Waals surface area contributed by atoms with E-state index < -0.39 is 0 Å². The third-order valence-corrected chi connectivity index (χ3v) is 6.96. The Morgan fingerprint density at radius 2 is 1.75 bits per heavy atom. The Morgan fingerprint density at radius 3 is 2.34 bits per heavy atom. The van der Waals surface area contributed by atoms with E-state index in [9.17, 15) is 9.59 Å². The number of nitrogens with one attached hydrogen (secondary N) is 2. The number of carbonyl (C=O) groups excluding carboxylic acids is 1. The quantitative estimate of drug-likeness (QED) is 0.687. The lowest BCUT2D eigenvalue weighted by molar-refractivity contribution is 0.0950. The Balaban J connectivity index is 1.76. The van der Waals surface area contributed by atoms with Crippen LogP contribution < -0.4 is 15.8 Å². The van der Waals surface area contributed by atoms with Gasteiger partial charge in [-0.1, -0.05) is 6.07 Å². The SMILES string of the molecule is CCN(c1cccc(C(=O)NCc2c(C)cc(C)[nH]c2=O)c1C)[C@H]1CC[C@H](N(C)C)CC1. The first-order valence-electron chi connectivity index (χ1n) is 11.7. The summed E-state index contributed by atoms with van der Waals surface area (Å²) < 4.78 is 0. The number of anilines is 1. The zero-order chi connectivity index (χ0) is 23.4. The van der Waals surface area contributed by atoms with Crippen LogP contribution in [0.3, 0.4) is 0 Å². The van der Waals surface area contributed by atoms with Crippen molar-refractivity contribution in [3.8, 4) is 0 Å². The van der Waals surface area contributed by atoms with Gasteiger partial charge in [-0.2, -0.15) is 0 Å². The average molecular weight is 439 g/mol. The molecule has 0 unspecified atom stereocenters. The molecule has 174 valence electrons. The molecule has 1 aliphatic rings. The summed E-state index contributed by atoms with van der Waals surface area (Å²) >= 11 is 0. The lowest BCUT2D eigenvalue weighted by Gasteiger charge is -2.40. The van der Waals surface area contributed by atoms with Crippen LogP contribution in [0.15, 0.2) is 29.1 Å². The molecule has 0 atom stereocenters. The molecule has 6 heteroatoms. The summed E-state index contributed by atoms with van der Waals surface area (Å²) in [6, 6.07) is 9.06. The molecule has 2 aromatic rings. The summed E-state index contributed by atoms with van der Waals surface area (Å²) in [7, 11) is 4.33. The first-order valence-corrected chi connectivity index (χ1v) is 11.7. The van der Waals surface area contributed by atoms with Gasteiger partial charge < -0.3 is 20.1 Å². The molecule has 1 aromatic carbocycles. The van der Waals surface area contributed by atoms with E-state index in [1.807, 2.05) is 39.0 Å². The van der Waals surface area contributed by atoms with Gasteiger partial charge in [-0.05, 0) is 96.8 Å². The van der Waals surface area contributed by atoms with Gasteiger partial charge in [0.2, 0.25) is 0 Å². The Kier molecular flexibility index (Phi) is 7.77. The topological polar surface area (TPSA) is 68.4 Å². The van der Waals surface area contributed by atoms with Crippen molar-refractivity contribution in [1.29, 1.82) is 0 Å². The van der Waals surface area contributed by atoms with E-state index in [0.717, 1.165) is 29.1 Å². The minimum Gasteiger partial charge on any atom is -0.369 e. The number of pyridine rings is 1. The van der Waals surface area contributed by atoms with E-state index in [0.29, 0.717) is 23.2 Å². The molecule has 32 heavy (non-hydrogen) atoms. The molecular formula is C26H38N4O2. The number of rotatable bonds is 7. The van der Waals surface area contributed by atoms with Crippen LogP contribution in [0.1, 0.15) is 65.3 Å². The summed E-state index contributed by atoms with van der Waals surface area (Å²) in [5.74, 6) is -0.143. The highest BCUT2D eigenvalue weighted by Crippen LogP contribution is 2.32. The van der Waals surface area contributed by atoms with Crippen molar-refractivity contribution in [2.45, 2.75) is 72.0 Å². The molecule has 0 aliphatic heterocycles. The van der Waals surface area contributed by atoms with Crippen molar-refractivity contribution in [2.24, 2.45) is 0 Å². The number of aromatic amines is 1. The number of nitrogens with zero attached hydrogens (tertiary/aromatic N) is 2. The van der Waals surface area contributed by atoms with E-state index in [1.54, 1.807) is 0 Å². The van der Waals surface area contributed by atoms with Gasteiger partial charge in [0, 0.05) is 47.7 Å². The number of H-pyrrole nitrogens is 1. The molecule has 2 N–H and O–H groups in total. The van der Waals surface area contributed by atoms with Crippen molar-refractivity contribution in [2.75, 3.05) is 25.5 Å². The Labute approximate surface area is 192 Å². The maximum absolute atomic E-state index is 13.0. The molecule has 1 aromatic heterocycles. The number of carbonyl (C=O) groups is 1. The van der Waals surface area contributed by atoms with Crippen LogP contribution in [0.25, 0.3) is 0 Å². The standard InChI is InChI=1S/C26H38N4O2/c1-7-30(21-13-11-20(12-14-21)29(5)6)24-10-8-9-22(19(24)4)25(31)27-16-23-17(2)15-18(3)28-26(23)32/h8-10,15,20-21H,7,11-14,16H2,1-6H3,(H,27,31)(H,28,32)/t20-,21-. The van der Waals surface area contributed by atoms with Crippen LogP contribution in [0, 0.1) is 20.8 Å². The highest BCUT2D eigenvalue weighted by Gasteiger charge is 2.27. The van der Waals surface area contributed by atoms with Gasteiger partial charge in [-0.15, -0.1) is 0 Å². The lowest BCUT2D eigenvalue weighted by atomic mass is 9.89. The van der Waals surface area contributed by atoms with Crippen LogP contribution in [-0.4, -0.2) is 48.5 Å². The first kappa shape index (κ1) is 24.1. The van der Waals surface area contributed by atoms with Gasteiger partial charge in [0.15, 0.2) is 0 Å². The fourth-order valence-electron chi connectivity index (χ4n) is 5.06. The second kappa shape index (κ2) is 10.3. The molecule has 0 spiro atoms. The smallest absolute Gasteiger partial charge is 0.253 e.